The fraction of sp³-hybridized carbons (Fsp3) is 0.304. The van der Waals surface area contributed by atoms with Crippen molar-refractivity contribution in [3.8, 4) is 17.2 Å². The van der Waals surface area contributed by atoms with Gasteiger partial charge in [0.05, 0.1) is 19.1 Å². The Hall–Kier alpha value is -3.66. The van der Waals surface area contributed by atoms with Crippen molar-refractivity contribution in [2.75, 3.05) is 23.4 Å². The van der Waals surface area contributed by atoms with E-state index in [2.05, 4.69) is 15.6 Å². The number of carbonyl (C=O) groups is 3. The molecule has 2 N–H and O–H groups in total. The second kappa shape index (κ2) is 9.86. The predicted molar refractivity (Wildman–Crippen MR) is 124 cm³/mol. The van der Waals surface area contributed by atoms with Crippen LogP contribution in [-0.4, -0.2) is 35.9 Å². The second-order valence-corrected chi connectivity index (χ2v) is 8.39. The Labute approximate surface area is 194 Å². The predicted octanol–water partition coefficient (Wildman–Crippen LogP) is 3.43. The number of thiazole rings is 1. The summed E-state index contributed by atoms with van der Waals surface area (Å²) in [5.74, 6) is 0.940. The van der Waals surface area contributed by atoms with Gasteiger partial charge in [-0.2, -0.15) is 0 Å². The molecule has 2 aromatic heterocycles. The molecule has 1 fully saturated rings. The third-order valence-corrected chi connectivity index (χ3v) is 5.87. The summed E-state index contributed by atoms with van der Waals surface area (Å²) in [4.78, 5) is 42.3. The second-order valence-electron chi connectivity index (χ2n) is 7.54. The summed E-state index contributed by atoms with van der Waals surface area (Å²) in [6.07, 6.45) is 0.141. The Morgan fingerprint density at radius 2 is 2.03 bits per heavy atom. The number of hydrogen-bond donors (Lipinski definition) is 2. The van der Waals surface area contributed by atoms with Gasteiger partial charge in [-0.15, -0.1) is 11.3 Å². The van der Waals surface area contributed by atoms with Crippen LogP contribution in [0.3, 0.4) is 0 Å². The maximum atomic E-state index is 12.8. The molecule has 3 heterocycles. The standard InChI is InChI=1S/C23H24N4O5S/c1-3-31-17-6-4-16(5-7-17)27-12-15(10-21(27)29)22(30)26-23-25-19(13-33-23)20-9-8-18(32-20)11-24-14(2)28/h4-9,13,15H,3,10-12H2,1-2H3,(H,24,28)(H,25,26,30)/t15-/m1/s1. The minimum Gasteiger partial charge on any atom is -0.494 e. The summed E-state index contributed by atoms with van der Waals surface area (Å²) < 4.78 is 11.1. The van der Waals surface area contributed by atoms with Crippen molar-refractivity contribution in [2.24, 2.45) is 5.92 Å². The fourth-order valence-electron chi connectivity index (χ4n) is 3.50. The Bertz CT molecular complexity index is 1150. The van der Waals surface area contributed by atoms with Crippen molar-refractivity contribution in [1.29, 1.82) is 0 Å². The third kappa shape index (κ3) is 5.40. The molecule has 33 heavy (non-hydrogen) atoms. The first kappa shape index (κ1) is 22.5. The number of nitrogens with zero attached hydrogens (tertiary/aromatic N) is 2. The lowest BCUT2D eigenvalue weighted by atomic mass is 10.1. The van der Waals surface area contributed by atoms with E-state index in [1.54, 1.807) is 22.4 Å². The molecule has 0 aliphatic carbocycles. The van der Waals surface area contributed by atoms with Gasteiger partial charge in [-0.25, -0.2) is 4.98 Å². The molecule has 1 aliphatic heterocycles. The highest BCUT2D eigenvalue weighted by Gasteiger charge is 2.35. The Morgan fingerprint density at radius 3 is 2.76 bits per heavy atom. The highest BCUT2D eigenvalue weighted by atomic mass is 32.1. The molecule has 3 aromatic rings. The largest absolute Gasteiger partial charge is 0.494 e. The maximum Gasteiger partial charge on any atom is 0.231 e. The first-order valence-corrected chi connectivity index (χ1v) is 11.4. The number of hydrogen-bond acceptors (Lipinski definition) is 7. The smallest absolute Gasteiger partial charge is 0.231 e. The number of carbonyl (C=O) groups excluding carboxylic acids is 3. The van der Waals surface area contributed by atoms with Gasteiger partial charge in [0.15, 0.2) is 10.9 Å². The zero-order valence-corrected chi connectivity index (χ0v) is 19.1. The molecule has 1 saturated heterocycles. The molecular formula is C23H24N4O5S. The lowest BCUT2D eigenvalue weighted by molar-refractivity contribution is -0.122. The molecular weight excluding hydrogens is 444 g/mol. The van der Waals surface area contributed by atoms with Gasteiger partial charge in [-0.3, -0.25) is 14.4 Å². The van der Waals surface area contributed by atoms with E-state index in [0.29, 0.717) is 42.0 Å². The first-order chi connectivity index (χ1) is 15.9. The lowest BCUT2D eigenvalue weighted by Crippen LogP contribution is -2.28. The summed E-state index contributed by atoms with van der Waals surface area (Å²) in [6, 6.07) is 10.8. The molecule has 3 amide bonds. The number of anilines is 2. The number of ether oxygens (including phenoxy) is 1. The first-order valence-electron chi connectivity index (χ1n) is 10.6. The Morgan fingerprint density at radius 1 is 1.24 bits per heavy atom. The Balaban J connectivity index is 1.36. The van der Waals surface area contributed by atoms with E-state index in [-0.39, 0.29) is 24.1 Å². The molecule has 0 radical (unpaired) electrons. The van der Waals surface area contributed by atoms with E-state index in [1.165, 1.54) is 18.3 Å². The van der Waals surface area contributed by atoms with Crippen LogP contribution in [0.15, 0.2) is 46.2 Å². The maximum absolute atomic E-state index is 12.8. The van der Waals surface area contributed by atoms with E-state index in [0.717, 1.165) is 11.4 Å². The van der Waals surface area contributed by atoms with Crippen LogP contribution in [0, 0.1) is 5.92 Å². The van der Waals surface area contributed by atoms with Crippen LogP contribution in [0.2, 0.25) is 0 Å². The molecule has 0 saturated carbocycles. The molecule has 1 atom stereocenters. The minimum absolute atomic E-state index is 0.0959. The Kier molecular flexibility index (Phi) is 6.74. The van der Waals surface area contributed by atoms with E-state index < -0.39 is 5.92 Å². The van der Waals surface area contributed by atoms with Gasteiger partial charge >= 0.3 is 0 Å². The van der Waals surface area contributed by atoms with Crippen LogP contribution in [0.1, 0.15) is 26.0 Å². The van der Waals surface area contributed by atoms with Gasteiger partial charge in [-0.1, -0.05) is 0 Å². The third-order valence-electron chi connectivity index (χ3n) is 5.12. The summed E-state index contributed by atoms with van der Waals surface area (Å²) >= 11 is 1.28. The quantitative estimate of drug-likeness (QED) is 0.524. The fourth-order valence-corrected chi connectivity index (χ4v) is 4.20. The highest BCUT2D eigenvalue weighted by Crippen LogP contribution is 2.30. The van der Waals surface area contributed by atoms with Gasteiger partial charge in [0, 0.05) is 31.0 Å². The zero-order valence-electron chi connectivity index (χ0n) is 18.3. The lowest BCUT2D eigenvalue weighted by Gasteiger charge is -2.17. The molecule has 1 aliphatic rings. The van der Waals surface area contributed by atoms with E-state index in [4.69, 9.17) is 9.15 Å². The average molecular weight is 469 g/mol. The van der Waals surface area contributed by atoms with E-state index >= 15 is 0 Å². The molecule has 0 spiro atoms. The minimum atomic E-state index is -0.468. The molecule has 10 heteroatoms. The van der Waals surface area contributed by atoms with Gasteiger partial charge in [0.2, 0.25) is 17.7 Å². The molecule has 0 unspecified atom stereocenters. The van der Waals surface area contributed by atoms with Crippen molar-refractivity contribution in [1.82, 2.24) is 10.3 Å². The summed E-state index contributed by atoms with van der Waals surface area (Å²) in [7, 11) is 0. The number of aromatic nitrogens is 1. The molecule has 172 valence electrons. The van der Waals surface area contributed by atoms with Gasteiger partial charge in [0.25, 0.3) is 0 Å². The SMILES string of the molecule is CCOc1ccc(N2C[C@H](C(=O)Nc3nc(-c4ccc(CNC(C)=O)o4)cs3)CC2=O)cc1. The van der Waals surface area contributed by atoms with Crippen molar-refractivity contribution in [3.05, 3.63) is 47.5 Å². The van der Waals surface area contributed by atoms with Crippen molar-refractivity contribution in [3.63, 3.8) is 0 Å². The van der Waals surface area contributed by atoms with Gasteiger partial charge in [0.1, 0.15) is 17.2 Å². The topological polar surface area (TPSA) is 114 Å². The van der Waals surface area contributed by atoms with Crippen LogP contribution < -0.4 is 20.3 Å². The van der Waals surface area contributed by atoms with Gasteiger partial charge < -0.3 is 24.7 Å². The van der Waals surface area contributed by atoms with Gasteiger partial charge in [-0.05, 0) is 43.3 Å². The summed E-state index contributed by atoms with van der Waals surface area (Å²) in [6.45, 7) is 4.52. The van der Waals surface area contributed by atoms with E-state index in [1.807, 2.05) is 31.2 Å². The van der Waals surface area contributed by atoms with Crippen molar-refractivity contribution >= 4 is 39.9 Å². The van der Waals surface area contributed by atoms with Crippen LogP contribution in [0.4, 0.5) is 10.8 Å². The number of nitrogens with one attached hydrogen (secondary N) is 2. The van der Waals surface area contributed by atoms with Crippen LogP contribution in [0.25, 0.3) is 11.5 Å². The number of furan rings is 1. The molecule has 1 aromatic carbocycles. The molecule has 4 rings (SSSR count). The van der Waals surface area contributed by atoms with Crippen LogP contribution in [-0.2, 0) is 20.9 Å². The number of benzene rings is 1. The van der Waals surface area contributed by atoms with Crippen LogP contribution >= 0.6 is 11.3 Å². The highest BCUT2D eigenvalue weighted by molar-refractivity contribution is 7.14. The zero-order chi connectivity index (χ0) is 23.4. The molecule has 0 bridgehead atoms. The molecule has 9 nitrogen and oxygen atoms in total. The monoisotopic (exact) mass is 468 g/mol. The summed E-state index contributed by atoms with van der Waals surface area (Å²) in [5.41, 5.74) is 1.33. The average Bonchev–Trinajstić information content (AvgIpc) is 3.53. The summed E-state index contributed by atoms with van der Waals surface area (Å²) in [5, 5.41) is 7.69. The van der Waals surface area contributed by atoms with Crippen molar-refractivity contribution in [2.45, 2.75) is 26.8 Å². The van der Waals surface area contributed by atoms with Crippen molar-refractivity contribution < 1.29 is 23.5 Å². The number of amides is 3. The number of rotatable bonds is 8. The van der Waals surface area contributed by atoms with Crippen LogP contribution in [0.5, 0.6) is 5.75 Å². The van der Waals surface area contributed by atoms with E-state index in [9.17, 15) is 14.4 Å². The normalized spacial score (nSPS) is 15.5.